The number of rotatable bonds is 3. The number of aromatic amines is 1. The minimum absolute atomic E-state index is 0.194. The Morgan fingerprint density at radius 3 is 2.52 bits per heavy atom. The van der Waals surface area contributed by atoms with E-state index < -0.39 is 0 Å². The van der Waals surface area contributed by atoms with Crippen molar-refractivity contribution in [3.05, 3.63) is 92.9 Å². The zero-order valence-electron chi connectivity index (χ0n) is 15.8. The SMILES string of the molecule is Cc1ccc(Cc2c(N)[nH]n3c(=O)c4c(nc23)C(=O)N(c2ccccc2)C4)cc1. The molecule has 0 unspecified atom stereocenters. The van der Waals surface area contributed by atoms with Crippen LogP contribution in [0, 0.1) is 6.92 Å². The van der Waals surface area contributed by atoms with E-state index in [1.54, 1.807) is 4.90 Å². The van der Waals surface area contributed by atoms with Crippen LogP contribution in [0.1, 0.15) is 32.7 Å². The average Bonchev–Trinajstić information content (AvgIpc) is 3.23. The fourth-order valence-corrected chi connectivity index (χ4v) is 3.75. The highest BCUT2D eigenvalue weighted by atomic mass is 16.2. The van der Waals surface area contributed by atoms with Crippen LogP contribution in [-0.4, -0.2) is 20.5 Å². The molecule has 0 saturated heterocycles. The molecule has 3 N–H and O–H groups in total. The second-order valence-corrected chi connectivity index (χ2v) is 7.30. The van der Waals surface area contributed by atoms with E-state index >= 15 is 0 Å². The number of nitrogens with zero attached hydrogens (tertiary/aromatic N) is 3. The van der Waals surface area contributed by atoms with E-state index in [2.05, 4.69) is 10.1 Å². The van der Waals surface area contributed by atoms with Gasteiger partial charge in [-0.2, -0.15) is 4.52 Å². The third kappa shape index (κ3) is 2.70. The van der Waals surface area contributed by atoms with Crippen molar-refractivity contribution in [2.75, 3.05) is 10.6 Å². The van der Waals surface area contributed by atoms with Crippen molar-refractivity contribution in [1.29, 1.82) is 0 Å². The third-order valence-electron chi connectivity index (χ3n) is 5.34. The largest absolute Gasteiger partial charge is 0.384 e. The number of nitrogens with one attached hydrogen (secondary N) is 1. The minimum atomic E-state index is -0.293. The molecular formula is C22H19N5O2. The summed E-state index contributed by atoms with van der Waals surface area (Å²) in [6.07, 6.45) is 0.515. The number of hydrogen-bond acceptors (Lipinski definition) is 4. The second-order valence-electron chi connectivity index (χ2n) is 7.30. The molecule has 0 saturated carbocycles. The number of hydrogen-bond donors (Lipinski definition) is 2. The van der Waals surface area contributed by atoms with E-state index in [4.69, 9.17) is 5.73 Å². The van der Waals surface area contributed by atoms with Crippen molar-refractivity contribution in [2.24, 2.45) is 0 Å². The number of anilines is 2. The lowest BCUT2D eigenvalue weighted by Crippen LogP contribution is -2.23. The zero-order valence-corrected chi connectivity index (χ0v) is 15.8. The van der Waals surface area contributed by atoms with Gasteiger partial charge in [-0.3, -0.25) is 14.7 Å². The highest BCUT2D eigenvalue weighted by Gasteiger charge is 2.34. The molecule has 0 aliphatic carbocycles. The topological polar surface area (TPSA) is 96.5 Å². The Balaban J connectivity index is 1.62. The molecule has 7 nitrogen and oxygen atoms in total. The molecule has 0 atom stereocenters. The van der Waals surface area contributed by atoms with Gasteiger partial charge in [0.05, 0.1) is 12.1 Å². The van der Waals surface area contributed by atoms with Gasteiger partial charge in [0.15, 0.2) is 5.65 Å². The quantitative estimate of drug-likeness (QED) is 0.567. The summed E-state index contributed by atoms with van der Waals surface area (Å²) in [6.45, 7) is 2.22. The number of aromatic nitrogens is 3. The van der Waals surface area contributed by atoms with Crippen molar-refractivity contribution < 1.29 is 4.79 Å². The lowest BCUT2D eigenvalue weighted by molar-refractivity contribution is 0.0992. The van der Waals surface area contributed by atoms with E-state index in [1.165, 1.54) is 10.1 Å². The number of nitrogen functional groups attached to an aromatic ring is 1. The number of H-pyrrole nitrogens is 1. The number of aryl methyl sites for hydroxylation is 1. The molecule has 0 spiro atoms. The first kappa shape index (κ1) is 17.2. The number of carbonyl (C=O) groups excluding carboxylic acids is 1. The van der Waals surface area contributed by atoms with Crippen LogP contribution in [-0.2, 0) is 13.0 Å². The van der Waals surface area contributed by atoms with E-state index in [1.807, 2.05) is 61.5 Å². The molecule has 1 amide bonds. The zero-order chi connectivity index (χ0) is 20.1. The fourth-order valence-electron chi connectivity index (χ4n) is 3.75. The minimum Gasteiger partial charge on any atom is -0.384 e. The molecule has 4 aromatic rings. The molecule has 7 heteroatoms. The Labute approximate surface area is 166 Å². The Hall–Kier alpha value is -3.87. The van der Waals surface area contributed by atoms with Crippen molar-refractivity contribution in [1.82, 2.24) is 14.6 Å². The van der Waals surface area contributed by atoms with Crippen LogP contribution in [0.25, 0.3) is 5.65 Å². The maximum Gasteiger partial charge on any atom is 0.278 e. The number of carbonyl (C=O) groups is 1. The van der Waals surface area contributed by atoms with Gasteiger partial charge in [-0.25, -0.2) is 4.98 Å². The molecule has 0 bridgehead atoms. The molecule has 5 rings (SSSR count). The molecule has 1 aliphatic heterocycles. The maximum absolute atomic E-state index is 13.1. The predicted molar refractivity (Wildman–Crippen MR) is 111 cm³/mol. The van der Waals surface area contributed by atoms with Crippen LogP contribution in [0.3, 0.4) is 0 Å². The molecule has 0 fully saturated rings. The van der Waals surface area contributed by atoms with Gasteiger partial charge in [-0.1, -0.05) is 48.0 Å². The van der Waals surface area contributed by atoms with Crippen LogP contribution < -0.4 is 16.2 Å². The smallest absolute Gasteiger partial charge is 0.278 e. The van der Waals surface area contributed by atoms with Crippen molar-refractivity contribution in [2.45, 2.75) is 19.9 Å². The van der Waals surface area contributed by atoms with Crippen LogP contribution in [0.2, 0.25) is 0 Å². The van der Waals surface area contributed by atoms with Gasteiger partial charge in [0.25, 0.3) is 11.5 Å². The van der Waals surface area contributed by atoms with Gasteiger partial charge >= 0.3 is 0 Å². The average molecular weight is 385 g/mol. The Bertz CT molecular complexity index is 1300. The maximum atomic E-state index is 13.1. The summed E-state index contributed by atoms with van der Waals surface area (Å²) in [6, 6.07) is 17.4. The van der Waals surface area contributed by atoms with Gasteiger partial charge in [0.1, 0.15) is 11.5 Å². The third-order valence-corrected chi connectivity index (χ3v) is 5.34. The molecule has 2 aromatic heterocycles. The van der Waals surface area contributed by atoms with Crippen molar-refractivity contribution in [3.63, 3.8) is 0 Å². The Morgan fingerprint density at radius 1 is 1.07 bits per heavy atom. The standard InChI is InChI=1S/C22H19N5O2/c1-13-7-9-14(10-8-13)11-16-19(23)25-27-20(16)24-18-17(21(27)28)12-26(22(18)29)15-5-3-2-4-6-15/h2-10,25H,11-12,23H2,1H3. The number of para-hydroxylation sites is 1. The van der Waals surface area contributed by atoms with E-state index in [0.717, 1.165) is 11.3 Å². The highest BCUT2D eigenvalue weighted by molar-refractivity contribution is 6.08. The summed E-state index contributed by atoms with van der Waals surface area (Å²) in [5, 5.41) is 2.92. The first-order valence-corrected chi connectivity index (χ1v) is 9.37. The lowest BCUT2D eigenvalue weighted by Gasteiger charge is -2.14. The summed E-state index contributed by atoms with van der Waals surface area (Å²) < 4.78 is 1.35. The Morgan fingerprint density at radius 2 is 1.79 bits per heavy atom. The van der Waals surface area contributed by atoms with E-state index in [-0.39, 0.29) is 23.7 Å². The van der Waals surface area contributed by atoms with Crippen molar-refractivity contribution in [3.8, 4) is 0 Å². The molecule has 1 aliphatic rings. The number of fused-ring (bicyclic) bond motifs is 2. The van der Waals surface area contributed by atoms with Crippen LogP contribution in [0.5, 0.6) is 0 Å². The molecule has 144 valence electrons. The molecule has 2 aromatic carbocycles. The van der Waals surface area contributed by atoms with Gasteiger partial charge in [0, 0.05) is 17.7 Å². The monoisotopic (exact) mass is 385 g/mol. The molecule has 0 radical (unpaired) electrons. The summed E-state index contributed by atoms with van der Waals surface area (Å²) >= 11 is 0. The van der Waals surface area contributed by atoms with Gasteiger partial charge < -0.3 is 10.6 Å². The lowest BCUT2D eigenvalue weighted by atomic mass is 10.1. The van der Waals surface area contributed by atoms with Crippen LogP contribution >= 0.6 is 0 Å². The first-order valence-electron chi connectivity index (χ1n) is 9.37. The summed E-state index contributed by atoms with van der Waals surface area (Å²) in [5.41, 5.74) is 10.5. The van der Waals surface area contributed by atoms with Crippen LogP contribution in [0.4, 0.5) is 11.5 Å². The first-order chi connectivity index (χ1) is 14.0. The number of amides is 1. The predicted octanol–water partition coefficient (Wildman–Crippen LogP) is 2.66. The second kappa shape index (κ2) is 6.34. The fraction of sp³-hybridized carbons (Fsp3) is 0.136. The molecule has 3 heterocycles. The van der Waals surface area contributed by atoms with Gasteiger partial charge in [-0.15, -0.1) is 0 Å². The normalized spacial score (nSPS) is 13.3. The summed E-state index contributed by atoms with van der Waals surface area (Å²) in [4.78, 5) is 32.2. The summed E-state index contributed by atoms with van der Waals surface area (Å²) in [7, 11) is 0. The van der Waals surface area contributed by atoms with Gasteiger partial charge in [0.2, 0.25) is 0 Å². The number of benzene rings is 2. The summed E-state index contributed by atoms with van der Waals surface area (Å²) in [5.74, 6) is 0.109. The highest BCUT2D eigenvalue weighted by Crippen LogP contribution is 2.27. The van der Waals surface area contributed by atoms with Gasteiger partial charge in [-0.05, 0) is 24.6 Å². The van der Waals surface area contributed by atoms with Crippen LogP contribution in [0.15, 0.2) is 59.4 Å². The van der Waals surface area contributed by atoms with Crippen molar-refractivity contribution >= 4 is 23.1 Å². The number of nitrogens with two attached hydrogens (primary N) is 1. The van der Waals surface area contributed by atoms with E-state index in [9.17, 15) is 9.59 Å². The molecular weight excluding hydrogens is 366 g/mol. The Kier molecular flexibility index (Phi) is 3.77. The molecule has 29 heavy (non-hydrogen) atoms. The van der Waals surface area contributed by atoms with E-state index in [0.29, 0.717) is 29.0 Å².